The maximum atomic E-state index is 12.2. The molecule has 35 heavy (non-hydrogen) atoms. The fourth-order valence-corrected chi connectivity index (χ4v) is 3.70. The molecule has 1 fully saturated rings. The molecule has 2 atom stereocenters. The number of aryl methyl sites for hydroxylation is 2. The normalized spacial score (nSPS) is 16.7. The number of amides is 1. The summed E-state index contributed by atoms with van der Waals surface area (Å²) in [5, 5.41) is 18.8. The Morgan fingerprint density at radius 1 is 1.23 bits per heavy atom. The summed E-state index contributed by atoms with van der Waals surface area (Å²) in [6, 6.07) is 13.0. The molecule has 0 aliphatic carbocycles. The zero-order chi connectivity index (χ0) is 26.8. The number of alkyl halides is 3. The van der Waals surface area contributed by atoms with Crippen LogP contribution in [-0.4, -0.2) is 34.6 Å². The number of hydrogen-bond donors (Lipinski definition) is 1. The van der Waals surface area contributed by atoms with Gasteiger partial charge in [-0.15, -0.1) is 0 Å². The zero-order valence-electron chi connectivity index (χ0n) is 20.9. The van der Waals surface area contributed by atoms with Crippen molar-refractivity contribution in [3.63, 3.8) is 0 Å². The van der Waals surface area contributed by atoms with Crippen molar-refractivity contribution in [1.29, 1.82) is 5.26 Å². The van der Waals surface area contributed by atoms with Gasteiger partial charge in [0.2, 0.25) is 0 Å². The van der Waals surface area contributed by atoms with E-state index in [0.29, 0.717) is 34.9 Å². The van der Waals surface area contributed by atoms with Gasteiger partial charge in [0.25, 0.3) is 5.91 Å². The van der Waals surface area contributed by atoms with Crippen LogP contribution in [0.3, 0.4) is 0 Å². The first-order valence-corrected chi connectivity index (χ1v) is 12.0. The monoisotopic (exact) mass is 510 g/mol. The van der Waals surface area contributed by atoms with Crippen molar-refractivity contribution >= 4 is 17.5 Å². The molecule has 4 nitrogen and oxygen atoms in total. The molecular weight excluding hydrogens is 477 g/mol. The third kappa shape index (κ3) is 9.54. The van der Waals surface area contributed by atoms with Gasteiger partial charge in [-0.05, 0) is 68.4 Å². The minimum Gasteiger partial charge on any atom is -0.380 e. The third-order valence-electron chi connectivity index (χ3n) is 5.81. The molecule has 0 spiro atoms. The highest BCUT2D eigenvalue weighted by Gasteiger charge is 2.35. The molecule has 1 heterocycles. The van der Waals surface area contributed by atoms with Gasteiger partial charge in [-0.3, -0.25) is 4.79 Å². The van der Waals surface area contributed by atoms with Crippen molar-refractivity contribution < 1.29 is 23.1 Å². The van der Waals surface area contributed by atoms with Gasteiger partial charge >= 0.3 is 6.18 Å². The van der Waals surface area contributed by atoms with E-state index in [1.165, 1.54) is 12.1 Å². The zero-order valence-corrected chi connectivity index (χ0v) is 21.7. The van der Waals surface area contributed by atoms with Crippen LogP contribution in [0.5, 0.6) is 0 Å². The Balaban J connectivity index is 0.000000265. The summed E-state index contributed by atoms with van der Waals surface area (Å²) < 4.78 is 36.7. The molecule has 0 aromatic heterocycles. The molecule has 2 aromatic carbocycles. The number of nitrogens with zero attached hydrogens (tertiary/aromatic N) is 2. The number of rotatable bonds is 3. The Bertz CT molecular complexity index is 1020. The predicted molar refractivity (Wildman–Crippen MR) is 133 cm³/mol. The van der Waals surface area contributed by atoms with E-state index in [4.69, 9.17) is 16.9 Å². The number of carbonyl (C=O) groups is 1. The Hall–Kier alpha value is -2.56. The van der Waals surface area contributed by atoms with Gasteiger partial charge in [0.15, 0.2) is 0 Å². The molecule has 1 aliphatic rings. The largest absolute Gasteiger partial charge is 0.416 e. The standard InChI is InChI=1S/C10H19NO2.C9H9F3.C8H6ClN/c1-4-10(3,13)9(12)11-6-5-8(2)7-11;1-2-7-5-3-4-6-8(7)9(10,11)12;1-6-2-3-7(5-10)8(9)4-6/h8,13H,4-7H2,1-3H3;3-6H,2H2,1H3;2-4H,1H3. The molecular formula is C27H34ClF3N2O2. The lowest BCUT2D eigenvalue weighted by atomic mass is 10.0. The molecule has 1 N–H and O–H groups in total. The van der Waals surface area contributed by atoms with E-state index in [9.17, 15) is 23.1 Å². The van der Waals surface area contributed by atoms with Gasteiger partial charge < -0.3 is 10.0 Å². The van der Waals surface area contributed by atoms with E-state index in [2.05, 4.69) is 6.92 Å². The summed E-state index contributed by atoms with van der Waals surface area (Å²) in [5.41, 5.74) is 0.276. The predicted octanol–water partition coefficient (Wildman–Crippen LogP) is 6.80. The number of nitriles is 1. The second kappa shape index (κ2) is 13.5. The third-order valence-corrected chi connectivity index (χ3v) is 6.12. The quantitative estimate of drug-likeness (QED) is 0.493. The van der Waals surface area contributed by atoms with E-state index >= 15 is 0 Å². The van der Waals surface area contributed by atoms with Crippen molar-refractivity contribution in [3.05, 3.63) is 69.7 Å². The highest BCUT2D eigenvalue weighted by Crippen LogP contribution is 2.31. The first-order valence-electron chi connectivity index (χ1n) is 11.6. The van der Waals surface area contributed by atoms with E-state index in [-0.39, 0.29) is 5.91 Å². The van der Waals surface area contributed by atoms with Gasteiger partial charge in [-0.1, -0.05) is 56.6 Å². The van der Waals surface area contributed by atoms with Crippen LogP contribution >= 0.6 is 11.6 Å². The van der Waals surface area contributed by atoms with Crippen LogP contribution in [-0.2, 0) is 17.4 Å². The van der Waals surface area contributed by atoms with E-state index in [1.54, 1.807) is 36.9 Å². The fourth-order valence-electron chi connectivity index (χ4n) is 3.43. The number of likely N-dealkylation sites (tertiary alicyclic amines) is 1. The summed E-state index contributed by atoms with van der Waals surface area (Å²) in [4.78, 5) is 13.5. The summed E-state index contributed by atoms with van der Waals surface area (Å²) in [7, 11) is 0. The molecule has 1 amide bonds. The van der Waals surface area contributed by atoms with Crippen LogP contribution in [0.1, 0.15) is 62.8 Å². The van der Waals surface area contributed by atoms with Gasteiger partial charge in [0.1, 0.15) is 11.7 Å². The average Bonchev–Trinajstić information content (AvgIpc) is 3.25. The molecule has 3 rings (SSSR count). The van der Waals surface area contributed by atoms with E-state index in [0.717, 1.165) is 31.1 Å². The minimum atomic E-state index is -4.22. The summed E-state index contributed by atoms with van der Waals surface area (Å²) >= 11 is 5.71. The second-order valence-electron chi connectivity index (χ2n) is 8.88. The maximum Gasteiger partial charge on any atom is 0.416 e. The number of halogens is 4. The first kappa shape index (κ1) is 30.5. The lowest BCUT2D eigenvalue weighted by Crippen LogP contribution is -2.45. The van der Waals surface area contributed by atoms with Gasteiger partial charge in [0.05, 0.1) is 16.1 Å². The van der Waals surface area contributed by atoms with Crippen LogP contribution in [0.15, 0.2) is 42.5 Å². The molecule has 1 aliphatic heterocycles. The lowest BCUT2D eigenvalue weighted by Gasteiger charge is -2.26. The molecule has 1 saturated heterocycles. The van der Waals surface area contributed by atoms with Crippen LogP contribution in [0.4, 0.5) is 13.2 Å². The van der Waals surface area contributed by atoms with Crippen molar-refractivity contribution in [2.45, 2.75) is 65.7 Å². The maximum absolute atomic E-state index is 12.2. The number of benzene rings is 2. The SMILES string of the molecule is CCC(C)(O)C(=O)N1CCC(C)C1.CCc1ccccc1C(F)(F)F.Cc1ccc(C#N)c(Cl)c1. The van der Waals surface area contributed by atoms with Gasteiger partial charge in [0, 0.05) is 13.1 Å². The van der Waals surface area contributed by atoms with Crippen LogP contribution in [0.2, 0.25) is 5.02 Å². The molecule has 0 radical (unpaired) electrons. The highest BCUT2D eigenvalue weighted by molar-refractivity contribution is 6.31. The summed E-state index contributed by atoms with van der Waals surface area (Å²) in [6.45, 7) is 10.8. The highest BCUT2D eigenvalue weighted by atomic mass is 35.5. The van der Waals surface area contributed by atoms with E-state index < -0.39 is 17.3 Å². The van der Waals surface area contributed by atoms with Crippen molar-refractivity contribution in [2.24, 2.45) is 5.92 Å². The molecule has 0 bridgehead atoms. The van der Waals surface area contributed by atoms with Crippen molar-refractivity contribution in [2.75, 3.05) is 13.1 Å². The van der Waals surface area contributed by atoms with Gasteiger partial charge in [-0.25, -0.2) is 0 Å². The Labute approximate surface area is 211 Å². The minimum absolute atomic E-state index is 0.112. The summed E-state index contributed by atoms with van der Waals surface area (Å²) in [5.74, 6) is 0.468. The Kier molecular flexibility index (Phi) is 11.8. The van der Waals surface area contributed by atoms with E-state index in [1.807, 2.05) is 26.0 Å². The number of hydrogen-bond acceptors (Lipinski definition) is 3. The molecule has 2 unspecified atom stereocenters. The number of carbonyl (C=O) groups excluding carboxylic acids is 1. The second-order valence-corrected chi connectivity index (χ2v) is 9.28. The molecule has 8 heteroatoms. The van der Waals surface area contributed by atoms with Crippen LogP contribution in [0.25, 0.3) is 0 Å². The van der Waals surface area contributed by atoms with Crippen molar-refractivity contribution in [3.8, 4) is 6.07 Å². The first-order chi connectivity index (χ1) is 16.3. The van der Waals surface area contributed by atoms with Crippen molar-refractivity contribution in [1.82, 2.24) is 4.90 Å². The van der Waals surface area contributed by atoms with Gasteiger partial charge in [-0.2, -0.15) is 18.4 Å². The lowest BCUT2D eigenvalue weighted by molar-refractivity contribution is -0.148. The molecule has 0 saturated carbocycles. The fraction of sp³-hybridized carbons (Fsp3) is 0.481. The van der Waals surface area contributed by atoms with Crippen LogP contribution in [0, 0.1) is 24.2 Å². The Morgan fingerprint density at radius 3 is 2.29 bits per heavy atom. The molecule has 2 aromatic rings. The smallest absolute Gasteiger partial charge is 0.380 e. The Morgan fingerprint density at radius 2 is 1.86 bits per heavy atom. The van der Waals surface area contributed by atoms with Crippen LogP contribution < -0.4 is 0 Å². The summed E-state index contributed by atoms with van der Waals surface area (Å²) in [6.07, 6.45) is -2.26. The average molecular weight is 511 g/mol. The molecule has 192 valence electrons. The number of aliphatic hydroxyl groups is 1. The topological polar surface area (TPSA) is 64.3 Å².